The Bertz CT molecular complexity index is 1320. The lowest BCUT2D eigenvalue weighted by atomic mass is 10.1. The lowest BCUT2D eigenvalue weighted by Crippen LogP contribution is -2.23. The molecule has 31 heavy (non-hydrogen) atoms. The second kappa shape index (κ2) is 8.49. The number of amides is 1. The summed E-state index contributed by atoms with van der Waals surface area (Å²) < 4.78 is 15.9. The van der Waals surface area contributed by atoms with Crippen molar-refractivity contribution in [1.29, 1.82) is 0 Å². The minimum absolute atomic E-state index is 0.145. The van der Waals surface area contributed by atoms with Gasteiger partial charge in [-0.15, -0.1) is 0 Å². The number of nitrogens with one attached hydrogen (secondary N) is 1. The largest absolute Gasteiger partial charge is 0.340 e. The number of nitrogens with zero attached hydrogens (tertiary/aromatic N) is 2. The SMILES string of the molecule is Cc1c(C(=O)C(=O)Nc2ccncc2Cl)c2cc(F)ccc2n1Cc1ccc(Cl)cc1. The second-order valence-electron chi connectivity index (χ2n) is 6.97. The maximum Gasteiger partial charge on any atom is 0.296 e. The van der Waals surface area contributed by atoms with Crippen LogP contribution in [0, 0.1) is 12.7 Å². The highest BCUT2D eigenvalue weighted by atomic mass is 35.5. The first kappa shape index (κ1) is 21.0. The third-order valence-electron chi connectivity index (χ3n) is 4.99. The summed E-state index contributed by atoms with van der Waals surface area (Å²) in [5, 5.41) is 3.69. The molecule has 0 fully saturated rings. The number of carbonyl (C=O) groups excluding carboxylic acids is 2. The fourth-order valence-electron chi connectivity index (χ4n) is 3.49. The second-order valence-corrected chi connectivity index (χ2v) is 7.82. The number of Topliss-reactive ketones (excluding diaryl/α,β-unsaturated/α-hetero) is 1. The molecule has 0 unspecified atom stereocenters. The minimum Gasteiger partial charge on any atom is -0.340 e. The van der Waals surface area contributed by atoms with E-state index in [1.807, 2.05) is 16.7 Å². The van der Waals surface area contributed by atoms with Crippen LogP contribution < -0.4 is 5.32 Å². The smallest absolute Gasteiger partial charge is 0.296 e. The summed E-state index contributed by atoms with van der Waals surface area (Å²) in [6.45, 7) is 2.16. The Morgan fingerprint density at radius 1 is 1.10 bits per heavy atom. The predicted molar refractivity (Wildman–Crippen MR) is 119 cm³/mol. The molecule has 1 amide bonds. The van der Waals surface area contributed by atoms with Crippen LogP contribution in [-0.2, 0) is 11.3 Å². The highest BCUT2D eigenvalue weighted by Crippen LogP contribution is 2.29. The van der Waals surface area contributed by atoms with Gasteiger partial charge in [-0.2, -0.15) is 0 Å². The summed E-state index contributed by atoms with van der Waals surface area (Å²) in [6, 6.07) is 13.0. The first-order valence-electron chi connectivity index (χ1n) is 9.33. The minimum atomic E-state index is -0.869. The number of ketones is 1. The number of pyridine rings is 1. The number of halogens is 3. The molecule has 2 aromatic carbocycles. The summed E-state index contributed by atoms with van der Waals surface area (Å²) in [7, 11) is 0. The third-order valence-corrected chi connectivity index (χ3v) is 5.55. The summed E-state index contributed by atoms with van der Waals surface area (Å²) >= 11 is 12.0. The molecular weight excluding hydrogens is 440 g/mol. The van der Waals surface area contributed by atoms with Gasteiger partial charge in [-0.05, 0) is 48.9 Å². The molecule has 156 valence electrons. The van der Waals surface area contributed by atoms with E-state index in [0.29, 0.717) is 28.2 Å². The van der Waals surface area contributed by atoms with Crippen molar-refractivity contribution in [2.75, 3.05) is 5.32 Å². The summed E-state index contributed by atoms with van der Waals surface area (Å²) in [5.41, 5.74) is 2.55. The van der Waals surface area contributed by atoms with Gasteiger partial charge < -0.3 is 9.88 Å². The highest BCUT2D eigenvalue weighted by Gasteiger charge is 2.26. The van der Waals surface area contributed by atoms with E-state index in [0.717, 1.165) is 5.56 Å². The van der Waals surface area contributed by atoms with E-state index in [4.69, 9.17) is 23.2 Å². The number of anilines is 1. The fraction of sp³-hybridized carbons (Fsp3) is 0.0870. The molecule has 5 nitrogen and oxygen atoms in total. The van der Waals surface area contributed by atoms with Gasteiger partial charge in [0.1, 0.15) is 5.82 Å². The number of hydrogen-bond donors (Lipinski definition) is 1. The first-order chi connectivity index (χ1) is 14.8. The third kappa shape index (κ3) is 4.17. The maximum absolute atomic E-state index is 14.0. The van der Waals surface area contributed by atoms with Crippen LogP contribution in [0.3, 0.4) is 0 Å². The Balaban J connectivity index is 1.76. The molecule has 0 spiro atoms. The summed E-state index contributed by atoms with van der Waals surface area (Å²) in [4.78, 5) is 29.6. The van der Waals surface area contributed by atoms with E-state index < -0.39 is 17.5 Å². The Hall–Kier alpha value is -3.22. The maximum atomic E-state index is 14.0. The molecule has 0 radical (unpaired) electrons. The van der Waals surface area contributed by atoms with Crippen molar-refractivity contribution in [2.24, 2.45) is 0 Å². The molecule has 0 saturated carbocycles. The van der Waals surface area contributed by atoms with E-state index in [-0.39, 0.29) is 16.3 Å². The topological polar surface area (TPSA) is 64.0 Å². The molecule has 0 saturated heterocycles. The van der Waals surface area contributed by atoms with Crippen LogP contribution in [0.15, 0.2) is 60.9 Å². The van der Waals surface area contributed by atoms with Crippen LogP contribution in [0.25, 0.3) is 10.9 Å². The molecule has 0 bridgehead atoms. The van der Waals surface area contributed by atoms with Crippen molar-refractivity contribution < 1.29 is 14.0 Å². The van der Waals surface area contributed by atoms with Gasteiger partial charge in [0.2, 0.25) is 0 Å². The Morgan fingerprint density at radius 2 is 1.84 bits per heavy atom. The van der Waals surface area contributed by atoms with Crippen molar-refractivity contribution in [3.05, 3.63) is 93.6 Å². The van der Waals surface area contributed by atoms with E-state index >= 15 is 0 Å². The molecule has 1 N–H and O–H groups in total. The first-order valence-corrected chi connectivity index (χ1v) is 10.1. The molecule has 0 atom stereocenters. The number of aromatic nitrogens is 2. The van der Waals surface area contributed by atoms with Gasteiger partial charge in [0.05, 0.1) is 16.3 Å². The zero-order valence-corrected chi connectivity index (χ0v) is 17.8. The van der Waals surface area contributed by atoms with Gasteiger partial charge >= 0.3 is 0 Å². The van der Waals surface area contributed by atoms with E-state index in [9.17, 15) is 14.0 Å². The predicted octanol–water partition coefficient (Wildman–Crippen LogP) is 5.66. The average Bonchev–Trinajstić information content (AvgIpc) is 3.01. The Morgan fingerprint density at radius 3 is 2.55 bits per heavy atom. The lowest BCUT2D eigenvalue weighted by Gasteiger charge is -2.09. The molecule has 4 rings (SSSR count). The zero-order valence-electron chi connectivity index (χ0n) is 16.3. The monoisotopic (exact) mass is 455 g/mol. The normalized spacial score (nSPS) is 11.0. The van der Waals surface area contributed by atoms with Crippen LogP contribution in [0.1, 0.15) is 21.6 Å². The van der Waals surface area contributed by atoms with E-state index in [1.165, 1.54) is 30.6 Å². The van der Waals surface area contributed by atoms with Gasteiger partial charge in [-0.1, -0.05) is 35.3 Å². The number of carbonyl (C=O) groups is 2. The lowest BCUT2D eigenvalue weighted by molar-refractivity contribution is -0.112. The van der Waals surface area contributed by atoms with Gasteiger partial charge in [0, 0.05) is 40.6 Å². The Kier molecular flexibility index (Phi) is 5.76. The highest BCUT2D eigenvalue weighted by molar-refractivity contribution is 6.49. The van der Waals surface area contributed by atoms with Crippen LogP contribution in [0.2, 0.25) is 10.0 Å². The van der Waals surface area contributed by atoms with Gasteiger partial charge in [0.15, 0.2) is 0 Å². The standard InChI is InChI=1S/C23H16Cl2FN3O2/c1-13-21(22(30)23(31)28-19-8-9-27-11-18(19)25)17-10-16(26)6-7-20(17)29(13)12-14-2-4-15(24)5-3-14/h2-11H,12H2,1H3,(H,27,28,31). The zero-order chi connectivity index (χ0) is 22.1. The van der Waals surface area contributed by atoms with Crippen molar-refractivity contribution in [1.82, 2.24) is 9.55 Å². The van der Waals surface area contributed by atoms with Gasteiger partial charge in [-0.25, -0.2) is 4.39 Å². The molecule has 2 aromatic heterocycles. The average molecular weight is 456 g/mol. The molecule has 8 heteroatoms. The van der Waals surface area contributed by atoms with Crippen LogP contribution >= 0.6 is 23.2 Å². The number of rotatable bonds is 5. The van der Waals surface area contributed by atoms with Crippen LogP contribution in [0.5, 0.6) is 0 Å². The molecule has 0 aliphatic heterocycles. The quantitative estimate of drug-likeness (QED) is 0.311. The molecule has 0 aliphatic rings. The number of hydrogen-bond acceptors (Lipinski definition) is 3. The van der Waals surface area contributed by atoms with Crippen molar-refractivity contribution in [3.63, 3.8) is 0 Å². The van der Waals surface area contributed by atoms with Gasteiger partial charge in [0.25, 0.3) is 11.7 Å². The summed E-state index contributed by atoms with van der Waals surface area (Å²) in [5.74, 6) is -2.15. The van der Waals surface area contributed by atoms with Crippen molar-refractivity contribution in [2.45, 2.75) is 13.5 Å². The molecular formula is C23H16Cl2FN3O2. The Labute approximate surface area is 187 Å². The van der Waals surface area contributed by atoms with Crippen LogP contribution in [0.4, 0.5) is 10.1 Å². The van der Waals surface area contributed by atoms with Crippen LogP contribution in [-0.4, -0.2) is 21.2 Å². The number of benzene rings is 2. The molecule has 2 heterocycles. The van der Waals surface area contributed by atoms with Crippen molar-refractivity contribution >= 4 is 51.5 Å². The van der Waals surface area contributed by atoms with Gasteiger partial charge in [-0.3, -0.25) is 14.6 Å². The summed E-state index contributed by atoms with van der Waals surface area (Å²) in [6.07, 6.45) is 2.81. The molecule has 4 aromatic rings. The van der Waals surface area contributed by atoms with Crippen molar-refractivity contribution in [3.8, 4) is 0 Å². The fourth-order valence-corrected chi connectivity index (χ4v) is 3.78. The molecule has 0 aliphatic carbocycles. The van der Waals surface area contributed by atoms with E-state index in [1.54, 1.807) is 25.1 Å². The number of fused-ring (bicyclic) bond motifs is 1. The van der Waals surface area contributed by atoms with E-state index in [2.05, 4.69) is 10.3 Å².